The highest BCUT2D eigenvalue weighted by Crippen LogP contribution is 2.42. The molecule has 0 spiro atoms. The van der Waals surface area contributed by atoms with Gasteiger partial charge in [-0.3, -0.25) is 0 Å². The molecule has 3 aromatic heterocycles. The van der Waals surface area contributed by atoms with Gasteiger partial charge in [-0.15, -0.1) is 0 Å². The summed E-state index contributed by atoms with van der Waals surface area (Å²) in [6, 6.07) is 51.6. The molecule has 0 aliphatic carbocycles. The van der Waals surface area contributed by atoms with E-state index >= 15 is 0 Å². The summed E-state index contributed by atoms with van der Waals surface area (Å²) in [5.41, 5.74) is 7.94. The third-order valence-corrected chi connectivity index (χ3v) is 9.13. The van der Waals surface area contributed by atoms with Gasteiger partial charge in [0.1, 0.15) is 22.3 Å². The van der Waals surface area contributed by atoms with Gasteiger partial charge in [0.25, 0.3) is 0 Å². The number of rotatable bonds is 4. The van der Waals surface area contributed by atoms with Crippen LogP contribution < -0.4 is 0 Å². The van der Waals surface area contributed by atoms with Crippen LogP contribution in [0.15, 0.2) is 160 Å². The van der Waals surface area contributed by atoms with Crippen LogP contribution in [-0.2, 0) is 0 Å². The molecule has 0 bridgehead atoms. The molecule has 0 aliphatic heterocycles. The molecular formula is C43H25N3O2. The summed E-state index contributed by atoms with van der Waals surface area (Å²) in [6.07, 6.45) is 0. The van der Waals surface area contributed by atoms with Gasteiger partial charge in [0.05, 0.1) is 5.56 Å². The summed E-state index contributed by atoms with van der Waals surface area (Å²) in [5, 5.41) is 6.41. The van der Waals surface area contributed by atoms with Crippen LogP contribution in [0, 0.1) is 0 Å². The maximum Gasteiger partial charge on any atom is 0.167 e. The minimum absolute atomic E-state index is 0.537. The van der Waals surface area contributed by atoms with Gasteiger partial charge in [-0.1, -0.05) is 121 Å². The Balaban J connectivity index is 1.30. The van der Waals surface area contributed by atoms with Gasteiger partial charge < -0.3 is 8.83 Å². The number of para-hydroxylation sites is 2. The van der Waals surface area contributed by atoms with Gasteiger partial charge in [0, 0.05) is 32.7 Å². The summed E-state index contributed by atoms with van der Waals surface area (Å²) >= 11 is 0. The molecule has 10 aromatic rings. The van der Waals surface area contributed by atoms with Gasteiger partial charge in [0.2, 0.25) is 0 Å². The summed E-state index contributed by atoms with van der Waals surface area (Å²) in [4.78, 5) is 15.5. The first kappa shape index (κ1) is 26.6. The first-order chi connectivity index (χ1) is 23.8. The van der Waals surface area contributed by atoms with E-state index in [1.54, 1.807) is 0 Å². The van der Waals surface area contributed by atoms with Crippen LogP contribution in [0.1, 0.15) is 0 Å². The SMILES string of the molecule is c1ccc(-c2nc(-c3cc(-c4cccc5ccccc45)cc4c3oc3ccccc34)nc(-c3cccc4oc5ccccc5c34)n2)cc1. The van der Waals surface area contributed by atoms with Crippen LogP contribution in [0.5, 0.6) is 0 Å². The Labute approximate surface area is 274 Å². The lowest BCUT2D eigenvalue weighted by molar-refractivity contribution is 0.668. The minimum Gasteiger partial charge on any atom is -0.456 e. The zero-order valence-electron chi connectivity index (χ0n) is 25.6. The lowest BCUT2D eigenvalue weighted by atomic mass is 9.95. The second kappa shape index (κ2) is 10.5. The zero-order valence-corrected chi connectivity index (χ0v) is 25.6. The Bertz CT molecular complexity index is 2840. The average Bonchev–Trinajstić information content (AvgIpc) is 3.73. The fraction of sp³-hybridized carbons (Fsp3) is 0. The molecule has 0 aliphatic rings. The third kappa shape index (κ3) is 4.15. The smallest absolute Gasteiger partial charge is 0.167 e. The van der Waals surface area contributed by atoms with E-state index in [2.05, 4.69) is 72.8 Å². The molecular weight excluding hydrogens is 590 g/mol. The van der Waals surface area contributed by atoms with Gasteiger partial charge in [-0.2, -0.15) is 0 Å². The van der Waals surface area contributed by atoms with E-state index in [1.165, 1.54) is 10.8 Å². The number of hydrogen-bond donors (Lipinski definition) is 0. The van der Waals surface area contributed by atoms with Crippen LogP contribution in [0.3, 0.4) is 0 Å². The van der Waals surface area contributed by atoms with Crippen LogP contribution in [0.2, 0.25) is 0 Å². The van der Waals surface area contributed by atoms with Gasteiger partial charge in [-0.25, -0.2) is 15.0 Å². The molecule has 0 saturated carbocycles. The number of hydrogen-bond acceptors (Lipinski definition) is 5. The first-order valence-corrected chi connectivity index (χ1v) is 15.9. The lowest BCUT2D eigenvalue weighted by Crippen LogP contribution is -2.01. The Hall–Kier alpha value is -6.59. The van der Waals surface area contributed by atoms with Crippen molar-refractivity contribution in [2.75, 3.05) is 0 Å². The number of aromatic nitrogens is 3. The largest absolute Gasteiger partial charge is 0.456 e. The fourth-order valence-electron chi connectivity index (χ4n) is 6.92. The molecule has 3 heterocycles. The van der Waals surface area contributed by atoms with Crippen molar-refractivity contribution < 1.29 is 8.83 Å². The highest BCUT2D eigenvalue weighted by Gasteiger charge is 2.22. The Morgan fingerprint density at radius 1 is 0.354 bits per heavy atom. The Morgan fingerprint density at radius 2 is 0.958 bits per heavy atom. The summed E-state index contributed by atoms with van der Waals surface area (Å²) in [7, 11) is 0. The second-order valence-electron chi connectivity index (χ2n) is 12.0. The molecule has 224 valence electrons. The molecule has 0 fully saturated rings. The fourth-order valence-corrected chi connectivity index (χ4v) is 6.92. The highest BCUT2D eigenvalue weighted by molar-refractivity contribution is 6.13. The third-order valence-electron chi connectivity index (χ3n) is 9.13. The van der Waals surface area contributed by atoms with E-state index in [0.29, 0.717) is 17.5 Å². The monoisotopic (exact) mass is 615 g/mol. The predicted molar refractivity (Wildman–Crippen MR) is 194 cm³/mol. The van der Waals surface area contributed by atoms with Crippen molar-refractivity contribution in [2.24, 2.45) is 0 Å². The van der Waals surface area contributed by atoms with E-state index in [9.17, 15) is 0 Å². The van der Waals surface area contributed by atoms with E-state index in [-0.39, 0.29) is 0 Å². The van der Waals surface area contributed by atoms with Crippen molar-refractivity contribution in [3.8, 4) is 45.3 Å². The summed E-state index contributed by atoms with van der Waals surface area (Å²) in [6.45, 7) is 0. The van der Waals surface area contributed by atoms with Crippen molar-refractivity contribution >= 4 is 54.6 Å². The number of nitrogens with zero attached hydrogens (tertiary/aromatic N) is 3. The Kier molecular flexibility index (Phi) is 5.81. The maximum atomic E-state index is 6.61. The molecule has 0 saturated heterocycles. The number of fused-ring (bicyclic) bond motifs is 7. The van der Waals surface area contributed by atoms with E-state index in [0.717, 1.165) is 71.7 Å². The minimum atomic E-state index is 0.537. The molecule has 10 rings (SSSR count). The van der Waals surface area contributed by atoms with Gasteiger partial charge in [-0.05, 0) is 52.2 Å². The van der Waals surface area contributed by atoms with Gasteiger partial charge in [0.15, 0.2) is 17.5 Å². The lowest BCUT2D eigenvalue weighted by Gasteiger charge is -2.12. The van der Waals surface area contributed by atoms with Gasteiger partial charge >= 0.3 is 0 Å². The van der Waals surface area contributed by atoms with Crippen molar-refractivity contribution in [2.45, 2.75) is 0 Å². The molecule has 5 nitrogen and oxygen atoms in total. The molecule has 0 amide bonds. The maximum absolute atomic E-state index is 6.61. The van der Waals surface area contributed by atoms with E-state index in [4.69, 9.17) is 23.8 Å². The molecule has 0 radical (unpaired) electrons. The molecule has 0 atom stereocenters. The van der Waals surface area contributed by atoms with Crippen molar-refractivity contribution in [3.05, 3.63) is 152 Å². The molecule has 48 heavy (non-hydrogen) atoms. The van der Waals surface area contributed by atoms with Crippen LogP contribution >= 0.6 is 0 Å². The van der Waals surface area contributed by atoms with Crippen molar-refractivity contribution in [1.29, 1.82) is 0 Å². The molecule has 5 heteroatoms. The summed E-state index contributed by atoms with van der Waals surface area (Å²) < 4.78 is 12.9. The standard InChI is InChI=1S/C43H25N3O2/c1-2-13-27(14-3-1)41-44-42(33-20-11-23-38-39(33)32-18-7-9-22-37(32)47-38)46-43(45-41)35-25-28(30-19-10-15-26-12-4-5-16-29(26)30)24-34-31-17-6-8-21-36(31)48-40(34)35/h1-25H. The molecule has 7 aromatic carbocycles. The number of furan rings is 2. The van der Waals surface area contributed by atoms with Crippen molar-refractivity contribution in [3.63, 3.8) is 0 Å². The first-order valence-electron chi connectivity index (χ1n) is 15.9. The zero-order chi connectivity index (χ0) is 31.6. The van der Waals surface area contributed by atoms with Crippen LogP contribution in [0.4, 0.5) is 0 Å². The van der Waals surface area contributed by atoms with E-state index in [1.807, 2.05) is 78.9 Å². The molecule has 0 unspecified atom stereocenters. The van der Waals surface area contributed by atoms with Crippen LogP contribution in [0.25, 0.3) is 99.9 Å². The quantitative estimate of drug-likeness (QED) is 0.197. The van der Waals surface area contributed by atoms with Crippen molar-refractivity contribution in [1.82, 2.24) is 15.0 Å². The number of benzene rings is 7. The second-order valence-corrected chi connectivity index (χ2v) is 12.0. The topological polar surface area (TPSA) is 65.0 Å². The molecule has 0 N–H and O–H groups in total. The normalized spacial score (nSPS) is 11.8. The highest BCUT2D eigenvalue weighted by atomic mass is 16.3. The van der Waals surface area contributed by atoms with Crippen LogP contribution in [-0.4, -0.2) is 15.0 Å². The summed E-state index contributed by atoms with van der Waals surface area (Å²) in [5.74, 6) is 1.69. The van der Waals surface area contributed by atoms with E-state index < -0.39 is 0 Å². The Morgan fingerprint density at radius 3 is 1.81 bits per heavy atom. The predicted octanol–water partition coefficient (Wildman–Crippen LogP) is 11.5. The average molecular weight is 616 g/mol.